The first-order valence-electron chi connectivity index (χ1n) is 6.69. The third-order valence-corrected chi connectivity index (χ3v) is 3.02. The highest BCUT2D eigenvalue weighted by molar-refractivity contribution is 6.02. The Balaban J connectivity index is 2.09. The second-order valence-corrected chi connectivity index (χ2v) is 4.56. The minimum absolute atomic E-state index is 0.0895. The number of halogens is 2. The Labute approximate surface area is 132 Å². The number of hydrogen-bond donors (Lipinski definition) is 1. The van der Waals surface area contributed by atoms with E-state index in [0.29, 0.717) is 23.1 Å². The van der Waals surface area contributed by atoms with Gasteiger partial charge in [-0.25, -0.2) is 8.78 Å². The van der Waals surface area contributed by atoms with Crippen molar-refractivity contribution in [1.29, 1.82) is 0 Å². The number of methoxy groups -OCH3 is 2. The molecule has 0 saturated heterocycles. The lowest BCUT2D eigenvalue weighted by atomic mass is 10.2. The van der Waals surface area contributed by atoms with Crippen molar-refractivity contribution in [2.24, 2.45) is 0 Å². The molecule has 0 spiro atoms. The second kappa shape index (κ2) is 7.40. The molecule has 1 N–H and O–H groups in total. The van der Waals surface area contributed by atoms with Crippen molar-refractivity contribution in [1.82, 2.24) is 0 Å². The van der Waals surface area contributed by atoms with Crippen molar-refractivity contribution in [2.75, 3.05) is 19.5 Å². The predicted molar refractivity (Wildman–Crippen MR) is 83.6 cm³/mol. The maximum absolute atomic E-state index is 13.4. The van der Waals surface area contributed by atoms with Gasteiger partial charge in [-0.2, -0.15) is 0 Å². The number of rotatable bonds is 5. The van der Waals surface area contributed by atoms with Crippen molar-refractivity contribution in [2.45, 2.75) is 0 Å². The summed E-state index contributed by atoms with van der Waals surface area (Å²) < 4.78 is 36.5. The third kappa shape index (κ3) is 4.29. The minimum atomic E-state index is -0.835. The zero-order chi connectivity index (χ0) is 16.8. The summed E-state index contributed by atoms with van der Waals surface area (Å²) in [6.45, 7) is 0. The molecule has 0 unspecified atom stereocenters. The fourth-order valence-corrected chi connectivity index (χ4v) is 1.89. The fourth-order valence-electron chi connectivity index (χ4n) is 1.89. The SMILES string of the molecule is COc1ccc(/C=C/C(=O)Nc2ccc(F)cc2F)cc1OC. The van der Waals surface area contributed by atoms with Crippen LogP contribution in [0.5, 0.6) is 11.5 Å². The van der Waals surface area contributed by atoms with Gasteiger partial charge in [-0.05, 0) is 35.9 Å². The van der Waals surface area contributed by atoms with Gasteiger partial charge in [0.25, 0.3) is 0 Å². The van der Waals surface area contributed by atoms with Crippen LogP contribution in [-0.2, 0) is 4.79 Å². The maximum Gasteiger partial charge on any atom is 0.248 e. The van der Waals surface area contributed by atoms with E-state index < -0.39 is 17.5 Å². The Morgan fingerprint density at radius 2 is 1.78 bits per heavy atom. The van der Waals surface area contributed by atoms with Gasteiger partial charge in [0.15, 0.2) is 11.5 Å². The van der Waals surface area contributed by atoms with E-state index in [2.05, 4.69) is 5.32 Å². The van der Waals surface area contributed by atoms with Gasteiger partial charge in [0, 0.05) is 12.1 Å². The average Bonchev–Trinajstić information content (AvgIpc) is 2.55. The van der Waals surface area contributed by atoms with E-state index in [9.17, 15) is 13.6 Å². The zero-order valence-electron chi connectivity index (χ0n) is 12.6. The van der Waals surface area contributed by atoms with Crippen LogP contribution in [0.2, 0.25) is 0 Å². The van der Waals surface area contributed by atoms with Crippen molar-refractivity contribution >= 4 is 17.7 Å². The summed E-state index contributed by atoms with van der Waals surface area (Å²) in [5, 5.41) is 2.34. The molecule has 0 aromatic heterocycles. The predicted octanol–water partition coefficient (Wildman–Crippen LogP) is 3.63. The number of amides is 1. The number of benzene rings is 2. The van der Waals surface area contributed by atoms with Crippen LogP contribution >= 0.6 is 0 Å². The molecule has 120 valence electrons. The monoisotopic (exact) mass is 319 g/mol. The van der Waals surface area contributed by atoms with Gasteiger partial charge >= 0.3 is 0 Å². The lowest BCUT2D eigenvalue weighted by molar-refractivity contribution is -0.111. The summed E-state index contributed by atoms with van der Waals surface area (Å²) in [6, 6.07) is 8.07. The molecule has 1 amide bonds. The Morgan fingerprint density at radius 3 is 2.43 bits per heavy atom. The van der Waals surface area contributed by atoms with Gasteiger partial charge in [0.1, 0.15) is 11.6 Å². The molecule has 6 heteroatoms. The third-order valence-electron chi connectivity index (χ3n) is 3.02. The van der Waals surface area contributed by atoms with Gasteiger partial charge in [-0.3, -0.25) is 4.79 Å². The molecule has 0 saturated carbocycles. The summed E-state index contributed by atoms with van der Waals surface area (Å²) in [7, 11) is 3.04. The summed E-state index contributed by atoms with van der Waals surface area (Å²) >= 11 is 0. The summed E-state index contributed by atoms with van der Waals surface area (Å²) in [5.41, 5.74) is 0.616. The molecule has 0 radical (unpaired) electrons. The van der Waals surface area contributed by atoms with Gasteiger partial charge in [-0.1, -0.05) is 6.07 Å². The number of anilines is 1. The highest BCUT2D eigenvalue weighted by Crippen LogP contribution is 2.28. The number of carbonyl (C=O) groups excluding carboxylic acids is 1. The molecule has 23 heavy (non-hydrogen) atoms. The van der Waals surface area contributed by atoms with Crippen LogP contribution in [0.4, 0.5) is 14.5 Å². The van der Waals surface area contributed by atoms with E-state index in [0.717, 1.165) is 12.1 Å². The van der Waals surface area contributed by atoms with Crippen molar-refractivity contribution in [3.05, 3.63) is 59.7 Å². The Bertz CT molecular complexity index is 745. The topological polar surface area (TPSA) is 47.6 Å². The van der Waals surface area contributed by atoms with E-state index in [4.69, 9.17) is 9.47 Å². The number of nitrogens with one attached hydrogen (secondary N) is 1. The Hall–Kier alpha value is -2.89. The molecule has 4 nitrogen and oxygen atoms in total. The number of carbonyl (C=O) groups is 1. The molecule has 0 aliphatic heterocycles. The van der Waals surface area contributed by atoms with Crippen LogP contribution in [0.1, 0.15) is 5.56 Å². The lowest BCUT2D eigenvalue weighted by Crippen LogP contribution is -2.09. The smallest absolute Gasteiger partial charge is 0.248 e. The van der Waals surface area contributed by atoms with E-state index in [-0.39, 0.29) is 5.69 Å². The van der Waals surface area contributed by atoms with E-state index in [1.165, 1.54) is 20.3 Å². The highest BCUT2D eigenvalue weighted by atomic mass is 19.1. The van der Waals surface area contributed by atoms with Crippen LogP contribution in [0.25, 0.3) is 6.08 Å². The second-order valence-electron chi connectivity index (χ2n) is 4.56. The normalized spacial score (nSPS) is 10.6. The first kappa shape index (κ1) is 16.5. The Kier molecular flexibility index (Phi) is 5.30. The van der Waals surface area contributed by atoms with Crippen LogP contribution in [0, 0.1) is 11.6 Å². The minimum Gasteiger partial charge on any atom is -0.493 e. The summed E-state index contributed by atoms with van der Waals surface area (Å²) in [5.74, 6) is -0.980. The molecular weight excluding hydrogens is 304 g/mol. The van der Waals surface area contributed by atoms with Crippen molar-refractivity contribution < 1.29 is 23.0 Å². The lowest BCUT2D eigenvalue weighted by Gasteiger charge is -2.07. The van der Waals surface area contributed by atoms with E-state index >= 15 is 0 Å². The van der Waals surface area contributed by atoms with Crippen molar-refractivity contribution in [3.8, 4) is 11.5 Å². The van der Waals surface area contributed by atoms with Gasteiger partial charge < -0.3 is 14.8 Å². The number of ether oxygens (including phenoxy) is 2. The molecule has 0 bridgehead atoms. The van der Waals surface area contributed by atoms with Crippen LogP contribution in [0.3, 0.4) is 0 Å². The van der Waals surface area contributed by atoms with Gasteiger partial charge in [0.2, 0.25) is 5.91 Å². The van der Waals surface area contributed by atoms with Crippen LogP contribution in [-0.4, -0.2) is 20.1 Å². The van der Waals surface area contributed by atoms with Crippen LogP contribution in [0.15, 0.2) is 42.5 Å². The first-order valence-corrected chi connectivity index (χ1v) is 6.69. The Morgan fingerprint density at radius 1 is 1.04 bits per heavy atom. The van der Waals surface area contributed by atoms with Crippen LogP contribution < -0.4 is 14.8 Å². The van der Waals surface area contributed by atoms with E-state index in [1.807, 2.05) is 0 Å². The molecule has 2 aromatic carbocycles. The summed E-state index contributed by atoms with van der Waals surface area (Å²) in [4.78, 5) is 11.8. The van der Waals surface area contributed by atoms with E-state index in [1.54, 1.807) is 24.3 Å². The molecule has 0 fully saturated rings. The molecule has 0 aliphatic rings. The molecule has 2 rings (SSSR count). The molecule has 0 atom stereocenters. The quantitative estimate of drug-likeness (QED) is 0.856. The average molecular weight is 319 g/mol. The van der Waals surface area contributed by atoms with Gasteiger partial charge in [0.05, 0.1) is 19.9 Å². The molecule has 0 aliphatic carbocycles. The van der Waals surface area contributed by atoms with Gasteiger partial charge in [-0.15, -0.1) is 0 Å². The summed E-state index contributed by atoms with van der Waals surface area (Å²) in [6.07, 6.45) is 2.78. The highest BCUT2D eigenvalue weighted by Gasteiger charge is 2.06. The number of hydrogen-bond acceptors (Lipinski definition) is 3. The largest absolute Gasteiger partial charge is 0.493 e. The molecular formula is C17H15F2NO3. The fraction of sp³-hybridized carbons (Fsp3) is 0.118. The zero-order valence-corrected chi connectivity index (χ0v) is 12.6. The van der Waals surface area contributed by atoms with Crippen molar-refractivity contribution in [3.63, 3.8) is 0 Å². The standard InChI is InChI=1S/C17H15F2NO3/c1-22-15-7-3-11(9-16(15)23-2)4-8-17(21)20-14-6-5-12(18)10-13(14)19/h3-10H,1-2H3,(H,20,21)/b8-4+. The molecule has 0 heterocycles. The molecule has 2 aromatic rings. The first-order chi connectivity index (χ1) is 11.0. The maximum atomic E-state index is 13.4.